The Bertz CT molecular complexity index is 622. The monoisotopic (exact) mass is 289 g/mol. The van der Waals surface area contributed by atoms with E-state index in [-0.39, 0.29) is 18.5 Å². The Morgan fingerprint density at radius 1 is 1.29 bits per heavy atom. The Labute approximate surface area is 121 Å². The molecule has 0 fully saturated rings. The third-order valence-corrected chi connectivity index (χ3v) is 2.92. The number of rotatable bonds is 5. The first-order valence-corrected chi connectivity index (χ1v) is 6.35. The van der Waals surface area contributed by atoms with Gasteiger partial charge in [0.05, 0.1) is 5.69 Å². The molecular formula is C13H15N5O3. The van der Waals surface area contributed by atoms with Crippen molar-refractivity contribution < 1.29 is 14.7 Å². The third-order valence-electron chi connectivity index (χ3n) is 2.92. The summed E-state index contributed by atoms with van der Waals surface area (Å²) in [6, 6.07) is 6.44. The van der Waals surface area contributed by atoms with Crippen molar-refractivity contribution in [3.8, 4) is 5.69 Å². The first kappa shape index (κ1) is 14.6. The molecule has 0 bridgehead atoms. The number of carboxylic acid groups (broad SMARTS) is 1. The molecule has 8 heteroatoms. The summed E-state index contributed by atoms with van der Waals surface area (Å²) in [5.74, 6) is -1.36. The molecule has 1 heterocycles. The van der Waals surface area contributed by atoms with Gasteiger partial charge in [-0.3, -0.25) is 9.59 Å². The van der Waals surface area contributed by atoms with Crippen LogP contribution in [0.5, 0.6) is 0 Å². The second kappa shape index (κ2) is 6.12. The highest BCUT2D eigenvalue weighted by Crippen LogP contribution is 2.12. The van der Waals surface area contributed by atoms with E-state index in [1.807, 2.05) is 0 Å². The topological polar surface area (TPSA) is 101 Å². The molecule has 110 valence electrons. The largest absolute Gasteiger partial charge is 0.480 e. The zero-order valence-electron chi connectivity index (χ0n) is 11.7. The SMILES string of the molecule is CC(C)N(CC(=O)O)C(=O)c1ccc(-n2cnnn2)cc1. The maximum Gasteiger partial charge on any atom is 0.323 e. The van der Waals surface area contributed by atoms with Gasteiger partial charge in [-0.15, -0.1) is 5.10 Å². The summed E-state index contributed by atoms with van der Waals surface area (Å²) in [5, 5.41) is 19.7. The molecule has 0 atom stereocenters. The van der Waals surface area contributed by atoms with Gasteiger partial charge in [-0.05, 0) is 48.5 Å². The summed E-state index contributed by atoms with van der Waals surface area (Å²) in [6.45, 7) is 3.22. The third kappa shape index (κ3) is 3.41. The molecule has 8 nitrogen and oxygen atoms in total. The molecule has 0 spiro atoms. The van der Waals surface area contributed by atoms with Crippen molar-refractivity contribution >= 4 is 11.9 Å². The van der Waals surface area contributed by atoms with Crippen molar-refractivity contribution in [3.63, 3.8) is 0 Å². The van der Waals surface area contributed by atoms with Crippen molar-refractivity contribution in [2.45, 2.75) is 19.9 Å². The maximum atomic E-state index is 12.3. The number of aromatic nitrogens is 4. The van der Waals surface area contributed by atoms with Gasteiger partial charge in [0.2, 0.25) is 0 Å². The molecular weight excluding hydrogens is 274 g/mol. The van der Waals surface area contributed by atoms with Crippen molar-refractivity contribution in [1.82, 2.24) is 25.1 Å². The standard InChI is InChI=1S/C13H15N5O3/c1-9(2)17(7-12(19)20)13(21)10-3-5-11(6-4-10)18-8-14-15-16-18/h3-6,8-9H,7H2,1-2H3,(H,19,20). The second-order valence-electron chi connectivity index (χ2n) is 4.72. The van der Waals surface area contributed by atoms with Gasteiger partial charge in [0, 0.05) is 11.6 Å². The van der Waals surface area contributed by atoms with Crippen LogP contribution in [0.25, 0.3) is 5.69 Å². The molecule has 2 aromatic rings. The Morgan fingerprint density at radius 3 is 2.43 bits per heavy atom. The Kier molecular flexibility index (Phi) is 4.27. The quantitative estimate of drug-likeness (QED) is 0.864. The van der Waals surface area contributed by atoms with E-state index in [9.17, 15) is 9.59 Å². The summed E-state index contributed by atoms with van der Waals surface area (Å²) < 4.78 is 1.46. The van der Waals surface area contributed by atoms with E-state index in [0.29, 0.717) is 11.3 Å². The molecule has 1 amide bonds. The predicted molar refractivity (Wildman–Crippen MR) is 73.0 cm³/mol. The van der Waals surface area contributed by atoms with E-state index in [2.05, 4.69) is 15.5 Å². The fraction of sp³-hybridized carbons (Fsp3) is 0.308. The zero-order valence-corrected chi connectivity index (χ0v) is 11.7. The lowest BCUT2D eigenvalue weighted by Gasteiger charge is -2.24. The average molecular weight is 289 g/mol. The van der Waals surface area contributed by atoms with Gasteiger partial charge in [-0.1, -0.05) is 0 Å². The molecule has 0 radical (unpaired) electrons. The molecule has 0 aliphatic heterocycles. The summed E-state index contributed by atoms with van der Waals surface area (Å²) in [5.41, 5.74) is 1.13. The van der Waals surface area contributed by atoms with Crippen LogP contribution in [0.1, 0.15) is 24.2 Å². The first-order chi connectivity index (χ1) is 9.99. The average Bonchev–Trinajstić information content (AvgIpc) is 2.98. The van der Waals surface area contributed by atoms with E-state index >= 15 is 0 Å². The highest BCUT2D eigenvalue weighted by molar-refractivity contribution is 5.96. The molecule has 0 unspecified atom stereocenters. The second-order valence-corrected chi connectivity index (χ2v) is 4.72. The van der Waals surface area contributed by atoms with Gasteiger partial charge in [-0.2, -0.15) is 0 Å². The molecule has 21 heavy (non-hydrogen) atoms. The van der Waals surface area contributed by atoms with Gasteiger partial charge in [0.1, 0.15) is 12.9 Å². The number of nitrogens with zero attached hydrogens (tertiary/aromatic N) is 5. The van der Waals surface area contributed by atoms with Gasteiger partial charge >= 0.3 is 5.97 Å². The van der Waals surface area contributed by atoms with Gasteiger partial charge in [-0.25, -0.2) is 4.68 Å². The number of benzene rings is 1. The van der Waals surface area contributed by atoms with Gasteiger partial charge in [0.25, 0.3) is 5.91 Å². The predicted octanol–water partition coefficient (Wildman–Crippen LogP) is 0.597. The summed E-state index contributed by atoms with van der Waals surface area (Å²) in [6.07, 6.45) is 1.45. The van der Waals surface area contributed by atoms with E-state index in [0.717, 1.165) is 0 Å². The van der Waals surface area contributed by atoms with Crippen molar-refractivity contribution in [2.75, 3.05) is 6.54 Å². The van der Waals surface area contributed by atoms with E-state index < -0.39 is 5.97 Å². The first-order valence-electron chi connectivity index (χ1n) is 6.35. The smallest absolute Gasteiger partial charge is 0.323 e. The molecule has 2 rings (SSSR count). The number of hydrogen-bond acceptors (Lipinski definition) is 5. The lowest BCUT2D eigenvalue weighted by Crippen LogP contribution is -2.40. The van der Waals surface area contributed by atoms with Crippen LogP contribution in [0, 0.1) is 0 Å². The van der Waals surface area contributed by atoms with Crippen molar-refractivity contribution in [3.05, 3.63) is 36.2 Å². The van der Waals surface area contributed by atoms with Gasteiger partial charge < -0.3 is 10.0 Å². The van der Waals surface area contributed by atoms with Crippen LogP contribution in [0.3, 0.4) is 0 Å². The summed E-state index contributed by atoms with van der Waals surface area (Å²) in [4.78, 5) is 24.5. The number of amides is 1. The number of hydrogen-bond donors (Lipinski definition) is 1. The number of carboxylic acids is 1. The van der Waals surface area contributed by atoms with Crippen molar-refractivity contribution in [1.29, 1.82) is 0 Å². The van der Waals surface area contributed by atoms with E-state index in [1.165, 1.54) is 15.9 Å². The van der Waals surface area contributed by atoms with Crippen LogP contribution >= 0.6 is 0 Å². The summed E-state index contributed by atoms with van der Waals surface area (Å²) >= 11 is 0. The normalized spacial score (nSPS) is 10.6. The highest BCUT2D eigenvalue weighted by Gasteiger charge is 2.21. The maximum absolute atomic E-state index is 12.3. The number of tetrazole rings is 1. The molecule has 1 aromatic heterocycles. The number of carbonyl (C=O) groups is 2. The lowest BCUT2D eigenvalue weighted by molar-refractivity contribution is -0.138. The van der Waals surface area contributed by atoms with Crippen LogP contribution < -0.4 is 0 Å². The minimum absolute atomic E-state index is 0.201. The molecule has 0 aliphatic carbocycles. The van der Waals surface area contributed by atoms with Crippen LogP contribution in [0.4, 0.5) is 0 Å². The minimum atomic E-state index is -1.04. The Hall–Kier alpha value is -2.77. The van der Waals surface area contributed by atoms with E-state index in [4.69, 9.17) is 5.11 Å². The zero-order chi connectivity index (χ0) is 15.4. The number of carbonyl (C=O) groups excluding carboxylic acids is 1. The minimum Gasteiger partial charge on any atom is -0.480 e. The number of aliphatic carboxylic acids is 1. The van der Waals surface area contributed by atoms with Crippen molar-refractivity contribution in [2.24, 2.45) is 0 Å². The summed E-state index contributed by atoms with van der Waals surface area (Å²) in [7, 11) is 0. The van der Waals surface area contributed by atoms with Gasteiger partial charge in [0.15, 0.2) is 0 Å². The molecule has 0 saturated carbocycles. The fourth-order valence-corrected chi connectivity index (χ4v) is 1.84. The van der Waals surface area contributed by atoms with Crippen LogP contribution in [-0.2, 0) is 4.79 Å². The highest BCUT2D eigenvalue weighted by atomic mass is 16.4. The molecule has 1 N–H and O–H groups in total. The van der Waals surface area contributed by atoms with E-state index in [1.54, 1.807) is 38.1 Å². The molecule has 0 saturated heterocycles. The Balaban J connectivity index is 2.20. The molecule has 0 aliphatic rings. The Morgan fingerprint density at radius 2 is 1.95 bits per heavy atom. The molecule has 1 aromatic carbocycles. The van der Waals surface area contributed by atoms with Crippen LogP contribution in [0.15, 0.2) is 30.6 Å². The fourth-order valence-electron chi connectivity index (χ4n) is 1.84. The lowest BCUT2D eigenvalue weighted by atomic mass is 10.1. The van der Waals surface area contributed by atoms with Crippen LogP contribution in [0.2, 0.25) is 0 Å². The van der Waals surface area contributed by atoms with Crippen LogP contribution in [-0.4, -0.2) is 54.7 Å².